The number of rotatable bonds is 2. The van der Waals surface area contributed by atoms with Gasteiger partial charge >= 0.3 is 6.09 Å². The van der Waals surface area contributed by atoms with Crippen molar-refractivity contribution in [1.29, 1.82) is 5.26 Å². The van der Waals surface area contributed by atoms with Gasteiger partial charge in [0.15, 0.2) is 0 Å². The molecule has 116 valence electrons. The smallest absolute Gasteiger partial charge is 0.407 e. The van der Waals surface area contributed by atoms with Crippen LogP contribution in [-0.4, -0.2) is 54.4 Å². The number of hydrogen-bond donors (Lipinski definition) is 1. The van der Waals surface area contributed by atoms with Crippen molar-refractivity contribution in [3.05, 3.63) is 17.8 Å². The Balaban J connectivity index is 1.64. The summed E-state index contributed by atoms with van der Waals surface area (Å²) in [6.07, 6.45) is 2.49. The van der Waals surface area contributed by atoms with Crippen molar-refractivity contribution in [3.8, 4) is 11.8 Å². The number of carbonyl (C=O) groups is 1. The molecule has 7 nitrogen and oxygen atoms in total. The first-order valence-electron chi connectivity index (χ1n) is 7.24. The lowest BCUT2D eigenvalue weighted by molar-refractivity contribution is 0.0706. The van der Waals surface area contributed by atoms with Gasteiger partial charge in [0, 0.05) is 37.7 Å². The number of ether oxygens (including phenoxy) is 1. The summed E-state index contributed by atoms with van der Waals surface area (Å²) in [5, 5.41) is 18.0. The first-order chi connectivity index (χ1) is 10.6. The van der Waals surface area contributed by atoms with E-state index in [1.165, 1.54) is 11.1 Å². The van der Waals surface area contributed by atoms with Crippen LogP contribution >= 0.6 is 0 Å². The molecule has 2 aliphatic rings. The fourth-order valence-corrected chi connectivity index (χ4v) is 3.27. The number of pyridine rings is 1. The molecule has 0 radical (unpaired) electrons. The summed E-state index contributed by atoms with van der Waals surface area (Å²) in [6, 6.07) is 3.84. The lowest BCUT2D eigenvalue weighted by Gasteiger charge is -2.54. The van der Waals surface area contributed by atoms with Gasteiger partial charge in [0.2, 0.25) is 0 Å². The van der Waals surface area contributed by atoms with Crippen LogP contribution in [0, 0.1) is 16.7 Å². The highest BCUT2D eigenvalue weighted by atomic mass is 16.5. The van der Waals surface area contributed by atoms with E-state index in [2.05, 4.69) is 16.0 Å². The number of likely N-dealkylation sites (tertiary alicyclic amines) is 1. The van der Waals surface area contributed by atoms with Crippen LogP contribution in [0.4, 0.5) is 10.6 Å². The molecule has 2 saturated heterocycles. The number of nitriles is 1. The number of aromatic nitrogens is 1. The first kappa shape index (κ1) is 14.4. The second kappa shape index (κ2) is 5.37. The minimum Gasteiger partial charge on any atom is -0.495 e. The molecule has 3 heterocycles. The SMILES string of the molecule is COc1cc(N2CC3(CCN(C(=O)O)CC3)C2)ncc1C#N. The summed E-state index contributed by atoms with van der Waals surface area (Å²) in [5.74, 6) is 1.34. The van der Waals surface area contributed by atoms with E-state index in [4.69, 9.17) is 15.1 Å². The fraction of sp³-hybridized carbons (Fsp3) is 0.533. The average Bonchev–Trinajstić information content (AvgIpc) is 2.52. The second-order valence-corrected chi connectivity index (χ2v) is 5.98. The number of piperidine rings is 1. The number of amides is 1. The second-order valence-electron chi connectivity index (χ2n) is 5.98. The van der Waals surface area contributed by atoms with Crippen molar-refractivity contribution in [3.63, 3.8) is 0 Å². The summed E-state index contributed by atoms with van der Waals surface area (Å²) in [7, 11) is 1.54. The molecule has 0 aromatic carbocycles. The highest BCUT2D eigenvalue weighted by molar-refractivity contribution is 5.65. The Kier molecular flexibility index (Phi) is 3.53. The molecule has 0 saturated carbocycles. The molecule has 1 aromatic rings. The van der Waals surface area contributed by atoms with E-state index in [9.17, 15) is 4.79 Å². The van der Waals surface area contributed by atoms with Crippen molar-refractivity contribution in [2.75, 3.05) is 38.2 Å². The Morgan fingerprint density at radius 3 is 2.68 bits per heavy atom. The van der Waals surface area contributed by atoms with Crippen LogP contribution in [0.3, 0.4) is 0 Å². The Labute approximate surface area is 128 Å². The van der Waals surface area contributed by atoms with Gasteiger partial charge in [0.05, 0.1) is 13.3 Å². The van der Waals surface area contributed by atoms with Crippen LogP contribution in [-0.2, 0) is 0 Å². The quantitative estimate of drug-likeness (QED) is 0.891. The zero-order chi connectivity index (χ0) is 15.7. The van der Waals surface area contributed by atoms with Crippen LogP contribution in [0.2, 0.25) is 0 Å². The molecule has 1 N–H and O–H groups in total. The van der Waals surface area contributed by atoms with Crippen molar-refractivity contribution in [2.24, 2.45) is 5.41 Å². The maximum atomic E-state index is 11.0. The van der Waals surface area contributed by atoms with E-state index in [-0.39, 0.29) is 5.41 Å². The molecule has 2 aliphatic heterocycles. The molecule has 0 unspecified atom stereocenters. The third-order valence-electron chi connectivity index (χ3n) is 4.66. The number of anilines is 1. The van der Waals surface area contributed by atoms with Gasteiger partial charge in [-0.25, -0.2) is 9.78 Å². The maximum absolute atomic E-state index is 11.0. The van der Waals surface area contributed by atoms with Gasteiger partial charge < -0.3 is 19.6 Å². The predicted molar refractivity (Wildman–Crippen MR) is 79.0 cm³/mol. The van der Waals surface area contributed by atoms with Gasteiger partial charge in [-0.05, 0) is 12.8 Å². The molecule has 0 atom stereocenters. The van der Waals surface area contributed by atoms with Gasteiger partial charge in [0.1, 0.15) is 23.2 Å². The Hall–Kier alpha value is -2.49. The first-order valence-corrected chi connectivity index (χ1v) is 7.24. The highest BCUT2D eigenvalue weighted by Gasteiger charge is 2.46. The Bertz CT molecular complexity index is 624. The van der Waals surface area contributed by atoms with Crippen LogP contribution in [0.15, 0.2) is 12.3 Å². The molecule has 0 bridgehead atoms. The summed E-state index contributed by atoms with van der Waals surface area (Å²) < 4.78 is 5.21. The third-order valence-corrected chi connectivity index (χ3v) is 4.66. The summed E-state index contributed by atoms with van der Waals surface area (Å²) in [4.78, 5) is 18.9. The van der Waals surface area contributed by atoms with Crippen LogP contribution in [0.1, 0.15) is 18.4 Å². The van der Waals surface area contributed by atoms with Crippen LogP contribution in [0.5, 0.6) is 5.75 Å². The summed E-state index contributed by atoms with van der Waals surface area (Å²) in [5.41, 5.74) is 0.630. The lowest BCUT2D eigenvalue weighted by atomic mass is 9.72. The number of nitrogens with zero attached hydrogens (tertiary/aromatic N) is 4. The lowest BCUT2D eigenvalue weighted by Crippen LogP contribution is -2.61. The van der Waals surface area contributed by atoms with Gasteiger partial charge in [-0.1, -0.05) is 0 Å². The standard InChI is InChI=1S/C15H18N4O3/c1-22-12-6-13(17-8-11(12)7-16)19-9-15(10-19)2-4-18(5-3-15)14(20)21/h6,8H,2-5,9-10H2,1H3,(H,20,21). The average molecular weight is 302 g/mol. The zero-order valence-electron chi connectivity index (χ0n) is 12.4. The monoisotopic (exact) mass is 302 g/mol. The fourth-order valence-electron chi connectivity index (χ4n) is 3.27. The van der Waals surface area contributed by atoms with Crippen LogP contribution in [0.25, 0.3) is 0 Å². The van der Waals surface area contributed by atoms with Crippen molar-refractivity contribution in [2.45, 2.75) is 12.8 Å². The summed E-state index contributed by atoms with van der Waals surface area (Å²) in [6.45, 7) is 2.96. The van der Waals surface area contributed by atoms with E-state index < -0.39 is 6.09 Å². The molecule has 7 heteroatoms. The van der Waals surface area contributed by atoms with Gasteiger partial charge in [-0.2, -0.15) is 5.26 Å². The third kappa shape index (κ3) is 2.41. The molecular formula is C15H18N4O3. The molecule has 0 aliphatic carbocycles. The molecule has 1 spiro atoms. The largest absolute Gasteiger partial charge is 0.495 e. The maximum Gasteiger partial charge on any atom is 0.407 e. The van der Waals surface area contributed by atoms with E-state index in [0.29, 0.717) is 24.4 Å². The molecule has 2 fully saturated rings. The predicted octanol–water partition coefficient (Wildman–Crippen LogP) is 1.54. The zero-order valence-corrected chi connectivity index (χ0v) is 12.4. The highest BCUT2D eigenvalue weighted by Crippen LogP contribution is 2.42. The van der Waals surface area contributed by atoms with Gasteiger partial charge in [-0.3, -0.25) is 0 Å². The number of carboxylic acid groups (broad SMARTS) is 1. The van der Waals surface area contributed by atoms with E-state index >= 15 is 0 Å². The summed E-state index contributed by atoms with van der Waals surface area (Å²) >= 11 is 0. The van der Waals surface area contributed by atoms with E-state index in [1.807, 2.05) is 0 Å². The van der Waals surface area contributed by atoms with Gasteiger partial charge in [0.25, 0.3) is 0 Å². The van der Waals surface area contributed by atoms with Crippen molar-refractivity contribution >= 4 is 11.9 Å². The van der Waals surface area contributed by atoms with E-state index in [1.54, 1.807) is 13.2 Å². The number of methoxy groups -OCH3 is 1. The molecular weight excluding hydrogens is 284 g/mol. The topological polar surface area (TPSA) is 89.7 Å². The molecule has 1 amide bonds. The van der Waals surface area contributed by atoms with E-state index in [0.717, 1.165) is 31.7 Å². The molecule has 1 aromatic heterocycles. The normalized spacial score (nSPS) is 19.5. The molecule has 3 rings (SSSR count). The minimum absolute atomic E-state index is 0.203. The van der Waals surface area contributed by atoms with Crippen molar-refractivity contribution < 1.29 is 14.6 Å². The van der Waals surface area contributed by atoms with Crippen LogP contribution < -0.4 is 9.64 Å². The van der Waals surface area contributed by atoms with Gasteiger partial charge in [-0.15, -0.1) is 0 Å². The molecule has 22 heavy (non-hydrogen) atoms. The Morgan fingerprint density at radius 1 is 1.45 bits per heavy atom. The Morgan fingerprint density at radius 2 is 2.14 bits per heavy atom. The minimum atomic E-state index is -0.829. The van der Waals surface area contributed by atoms with Crippen molar-refractivity contribution in [1.82, 2.24) is 9.88 Å². The number of hydrogen-bond acceptors (Lipinski definition) is 5.